The van der Waals surface area contributed by atoms with Crippen molar-refractivity contribution in [1.82, 2.24) is 14.8 Å². The van der Waals surface area contributed by atoms with E-state index in [1.54, 1.807) is 24.3 Å². The minimum atomic E-state index is -0.161. The summed E-state index contributed by atoms with van der Waals surface area (Å²) in [5, 5.41) is 12.2. The number of nitrogens with one attached hydrogen (secondary N) is 1. The summed E-state index contributed by atoms with van der Waals surface area (Å²) in [5.74, 6) is 0.787. The van der Waals surface area contributed by atoms with Crippen LogP contribution in [0.15, 0.2) is 53.7 Å². The molecular formula is C24H29N5O2S. The predicted octanol–water partition coefficient (Wildman–Crippen LogP) is 4.74. The Balaban J connectivity index is 1.68. The van der Waals surface area contributed by atoms with Gasteiger partial charge in [0.15, 0.2) is 16.8 Å². The van der Waals surface area contributed by atoms with Gasteiger partial charge in [0.25, 0.3) is 0 Å². The number of thioether (sulfide) groups is 1. The maximum absolute atomic E-state index is 12.4. The lowest BCUT2D eigenvalue weighted by molar-refractivity contribution is -0.113. The molecule has 32 heavy (non-hydrogen) atoms. The Kier molecular flexibility index (Phi) is 8.05. The molecule has 0 unspecified atom stereocenters. The summed E-state index contributed by atoms with van der Waals surface area (Å²) in [6, 6.07) is 15.3. The molecule has 1 amide bonds. The van der Waals surface area contributed by atoms with Crippen molar-refractivity contribution in [3.63, 3.8) is 0 Å². The third-order valence-electron chi connectivity index (χ3n) is 5.17. The fourth-order valence-electron chi connectivity index (χ4n) is 3.45. The van der Waals surface area contributed by atoms with Crippen molar-refractivity contribution in [2.75, 3.05) is 29.1 Å². The zero-order chi connectivity index (χ0) is 23.1. The predicted molar refractivity (Wildman–Crippen MR) is 130 cm³/mol. The van der Waals surface area contributed by atoms with Crippen LogP contribution in [0.4, 0.5) is 11.4 Å². The molecule has 7 nitrogen and oxygen atoms in total. The molecule has 0 aliphatic carbocycles. The van der Waals surface area contributed by atoms with E-state index in [0.29, 0.717) is 23.0 Å². The number of carbonyl (C=O) groups excluding carboxylic acids is 2. The van der Waals surface area contributed by atoms with Gasteiger partial charge in [0.1, 0.15) is 0 Å². The highest BCUT2D eigenvalue weighted by molar-refractivity contribution is 7.99. The summed E-state index contributed by atoms with van der Waals surface area (Å²) >= 11 is 1.34. The van der Waals surface area contributed by atoms with Gasteiger partial charge in [-0.25, -0.2) is 0 Å². The number of nitrogens with zero attached hydrogens (tertiary/aromatic N) is 4. The third-order valence-corrected chi connectivity index (χ3v) is 6.14. The van der Waals surface area contributed by atoms with Crippen LogP contribution in [0.1, 0.15) is 38.1 Å². The largest absolute Gasteiger partial charge is 0.372 e. The van der Waals surface area contributed by atoms with Gasteiger partial charge in [-0.1, -0.05) is 23.9 Å². The van der Waals surface area contributed by atoms with E-state index < -0.39 is 0 Å². The summed E-state index contributed by atoms with van der Waals surface area (Å²) in [6.07, 6.45) is 0. The number of anilines is 2. The Morgan fingerprint density at radius 2 is 1.75 bits per heavy atom. The second kappa shape index (κ2) is 10.9. The number of carbonyl (C=O) groups is 2. The lowest BCUT2D eigenvalue weighted by Gasteiger charge is -2.21. The molecule has 168 valence electrons. The van der Waals surface area contributed by atoms with E-state index >= 15 is 0 Å². The van der Waals surface area contributed by atoms with Gasteiger partial charge >= 0.3 is 0 Å². The standard InChI is InChI=1S/C24H29N5O2S/c1-5-28(6-2)21-13-11-18(12-14-21)23-26-27-24(29(23)7-3)32-16-22(31)25-20-10-8-9-19(15-20)17(4)30/h8-15H,5-7,16H2,1-4H3,(H,25,31). The molecule has 0 radical (unpaired) electrons. The lowest BCUT2D eigenvalue weighted by Crippen LogP contribution is -2.21. The summed E-state index contributed by atoms with van der Waals surface area (Å²) in [6.45, 7) is 10.4. The maximum atomic E-state index is 12.4. The first-order valence-corrected chi connectivity index (χ1v) is 11.8. The first-order valence-electron chi connectivity index (χ1n) is 10.8. The van der Waals surface area contributed by atoms with Crippen molar-refractivity contribution < 1.29 is 9.59 Å². The van der Waals surface area contributed by atoms with Crippen molar-refractivity contribution in [3.8, 4) is 11.4 Å². The summed E-state index contributed by atoms with van der Waals surface area (Å²) in [7, 11) is 0. The molecule has 0 fully saturated rings. The first-order chi connectivity index (χ1) is 15.5. The molecule has 0 saturated carbocycles. The second-order valence-electron chi connectivity index (χ2n) is 7.24. The molecule has 8 heteroatoms. The molecular weight excluding hydrogens is 422 g/mol. The summed E-state index contributed by atoms with van der Waals surface area (Å²) in [5.41, 5.74) is 3.35. The van der Waals surface area contributed by atoms with Crippen molar-refractivity contribution in [2.45, 2.75) is 39.4 Å². The fraction of sp³-hybridized carbons (Fsp3) is 0.333. The highest BCUT2D eigenvalue weighted by atomic mass is 32.2. The fourth-order valence-corrected chi connectivity index (χ4v) is 4.25. The second-order valence-corrected chi connectivity index (χ2v) is 8.19. The molecule has 2 aromatic carbocycles. The molecule has 0 aliphatic heterocycles. The first kappa shape index (κ1) is 23.5. The minimum Gasteiger partial charge on any atom is -0.372 e. The topological polar surface area (TPSA) is 80.1 Å². The number of benzene rings is 2. The van der Waals surface area contributed by atoms with Crippen molar-refractivity contribution in [2.24, 2.45) is 0 Å². The Hall–Kier alpha value is -3.13. The molecule has 0 aliphatic rings. The van der Waals surface area contributed by atoms with Gasteiger partial charge < -0.3 is 14.8 Å². The normalized spacial score (nSPS) is 10.8. The number of rotatable bonds is 10. The average Bonchev–Trinajstić information content (AvgIpc) is 3.22. The third kappa shape index (κ3) is 5.56. The van der Waals surface area contributed by atoms with Crippen LogP contribution in [0.2, 0.25) is 0 Å². The van der Waals surface area contributed by atoms with E-state index in [2.05, 4.69) is 58.5 Å². The highest BCUT2D eigenvalue weighted by Crippen LogP contribution is 2.26. The molecule has 0 spiro atoms. The van der Waals surface area contributed by atoms with E-state index in [1.807, 2.05) is 11.5 Å². The minimum absolute atomic E-state index is 0.0378. The van der Waals surface area contributed by atoms with Crippen LogP contribution in [0.25, 0.3) is 11.4 Å². The molecule has 0 bridgehead atoms. The summed E-state index contributed by atoms with van der Waals surface area (Å²) in [4.78, 5) is 26.2. The van der Waals surface area contributed by atoms with Gasteiger partial charge in [0.05, 0.1) is 5.75 Å². The number of aromatic nitrogens is 3. The van der Waals surface area contributed by atoms with Crippen molar-refractivity contribution in [3.05, 3.63) is 54.1 Å². The van der Waals surface area contributed by atoms with Gasteiger partial charge in [0, 0.05) is 42.1 Å². The zero-order valence-corrected chi connectivity index (χ0v) is 19.8. The van der Waals surface area contributed by atoms with Gasteiger partial charge in [-0.15, -0.1) is 10.2 Å². The number of Topliss-reactive ketones (excluding diaryl/α,β-unsaturated/α-hetero) is 1. The molecule has 1 heterocycles. The van der Waals surface area contributed by atoms with Gasteiger partial charge in [-0.2, -0.15) is 0 Å². The smallest absolute Gasteiger partial charge is 0.234 e. The van der Waals surface area contributed by atoms with Gasteiger partial charge in [0.2, 0.25) is 5.91 Å². The van der Waals surface area contributed by atoms with Crippen LogP contribution in [-0.2, 0) is 11.3 Å². The zero-order valence-electron chi connectivity index (χ0n) is 19.0. The van der Waals surface area contributed by atoms with Crippen molar-refractivity contribution >= 4 is 34.8 Å². The number of ketones is 1. The van der Waals surface area contributed by atoms with E-state index in [1.165, 1.54) is 24.4 Å². The van der Waals surface area contributed by atoms with E-state index in [0.717, 1.165) is 24.5 Å². The van der Waals surface area contributed by atoms with Crippen LogP contribution in [0.5, 0.6) is 0 Å². The SMILES string of the molecule is CCN(CC)c1ccc(-c2nnc(SCC(=O)Nc3cccc(C(C)=O)c3)n2CC)cc1. The summed E-state index contributed by atoms with van der Waals surface area (Å²) < 4.78 is 2.01. The molecule has 3 aromatic rings. The number of hydrogen-bond acceptors (Lipinski definition) is 6. The monoisotopic (exact) mass is 451 g/mol. The van der Waals surface area contributed by atoms with Crippen LogP contribution in [-0.4, -0.2) is 45.3 Å². The van der Waals surface area contributed by atoms with Crippen LogP contribution < -0.4 is 10.2 Å². The lowest BCUT2D eigenvalue weighted by atomic mass is 10.1. The maximum Gasteiger partial charge on any atom is 0.234 e. The molecule has 1 aromatic heterocycles. The van der Waals surface area contributed by atoms with E-state index in [9.17, 15) is 9.59 Å². The Morgan fingerprint density at radius 3 is 2.38 bits per heavy atom. The van der Waals surface area contributed by atoms with E-state index in [-0.39, 0.29) is 17.4 Å². The quantitative estimate of drug-likeness (QED) is 0.354. The molecule has 1 N–H and O–H groups in total. The molecule has 3 rings (SSSR count). The van der Waals surface area contributed by atoms with E-state index in [4.69, 9.17) is 0 Å². The number of amides is 1. The molecule has 0 saturated heterocycles. The Morgan fingerprint density at radius 1 is 1.03 bits per heavy atom. The average molecular weight is 452 g/mol. The Bertz CT molecular complexity index is 1070. The Labute approximate surface area is 193 Å². The van der Waals surface area contributed by atoms with Crippen LogP contribution in [0, 0.1) is 0 Å². The highest BCUT2D eigenvalue weighted by Gasteiger charge is 2.15. The van der Waals surface area contributed by atoms with Crippen molar-refractivity contribution in [1.29, 1.82) is 0 Å². The van der Waals surface area contributed by atoms with Gasteiger partial charge in [-0.3, -0.25) is 9.59 Å². The van der Waals surface area contributed by atoms with Gasteiger partial charge in [-0.05, 0) is 64.1 Å². The number of hydrogen-bond donors (Lipinski definition) is 1. The van der Waals surface area contributed by atoms with Crippen LogP contribution >= 0.6 is 11.8 Å². The molecule has 0 atom stereocenters. The van der Waals surface area contributed by atoms with Crippen LogP contribution in [0.3, 0.4) is 0 Å².